The highest BCUT2D eigenvalue weighted by Crippen LogP contribution is 2.25. The first-order valence-corrected chi connectivity index (χ1v) is 9.13. The maximum Gasteiger partial charge on any atom is 0.252 e. The summed E-state index contributed by atoms with van der Waals surface area (Å²) in [4.78, 5) is 17.9. The van der Waals surface area contributed by atoms with E-state index in [0.717, 1.165) is 28.6 Å². The van der Waals surface area contributed by atoms with Gasteiger partial charge in [0.1, 0.15) is 6.10 Å². The third kappa shape index (κ3) is 3.70. The average molecular weight is 362 g/mol. The maximum absolute atomic E-state index is 13.1. The number of methoxy groups -OCH3 is 1. The zero-order chi connectivity index (χ0) is 18.6. The Morgan fingerprint density at radius 3 is 2.74 bits per heavy atom. The van der Waals surface area contributed by atoms with Crippen molar-refractivity contribution in [3.05, 3.63) is 66.2 Å². The molecule has 3 aromatic rings. The molecule has 2 unspecified atom stereocenters. The van der Waals surface area contributed by atoms with Crippen molar-refractivity contribution >= 4 is 16.8 Å². The monoisotopic (exact) mass is 362 g/mol. The van der Waals surface area contributed by atoms with Gasteiger partial charge in [0, 0.05) is 24.7 Å². The fourth-order valence-corrected chi connectivity index (χ4v) is 3.48. The number of para-hydroxylation sites is 1. The first-order valence-electron chi connectivity index (χ1n) is 9.13. The van der Waals surface area contributed by atoms with Gasteiger partial charge in [-0.15, -0.1) is 0 Å². The highest BCUT2D eigenvalue weighted by atomic mass is 16.5. The molecule has 1 N–H and O–H groups in total. The van der Waals surface area contributed by atoms with Crippen LogP contribution in [-0.2, 0) is 9.47 Å². The fourth-order valence-electron chi connectivity index (χ4n) is 3.48. The van der Waals surface area contributed by atoms with E-state index < -0.39 is 0 Å². The predicted molar refractivity (Wildman–Crippen MR) is 105 cm³/mol. The smallest absolute Gasteiger partial charge is 0.252 e. The molecule has 1 amide bonds. The summed E-state index contributed by atoms with van der Waals surface area (Å²) in [6, 6.07) is 19.4. The quantitative estimate of drug-likeness (QED) is 0.772. The number of carbonyl (C=O) groups excluding carboxylic acids is 1. The number of benzene rings is 2. The van der Waals surface area contributed by atoms with Gasteiger partial charge >= 0.3 is 0 Å². The highest BCUT2D eigenvalue weighted by molar-refractivity contribution is 6.07. The molecule has 2 aromatic carbocycles. The highest BCUT2D eigenvalue weighted by Gasteiger charge is 2.28. The van der Waals surface area contributed by atoms with Crippen LogP contribution in [0.25, 0.3) is 22.2 Å². The zero-order valence-corrected chi connectivity index (χ0v) is 15.2. The molecule has 2 heterocycles. The lowest BCUT2D eigenvalue weighted by Gasteiger charge is -2.31. The molecule has 1 aliphatic heterocycles. The van der Waals surface area contributed by atoms with Gasteiger partial charge in [-0.3, -0.25) is 4.79 Å². The number of carbonyl (C=O) groups is 1. The molecule has 0 saturated carbocycles. The molecule has 1 saturated heterocycles. The van der Waals surface area contributed by atoms with Crippen LogP contribution < -0.4 is 5.32 Å². The van der Waals surface area contributed by atoms with E-state index in [1.165, 1.54) is 0 Å². The number of nitrogens with one attached hydrogen (secondary N) is 1. The summed E-state index contributed by atoms with van der Waals surface area (Å²) in [6.45, 7) is 1.12. The number of aromatic nitrogens is 1. The van der Waals surface area contributed by atoms with Gasteiger partial charge in [0.2, 0.25) is 0 Å². The SMILES string of the molecule is COC1COCCC1NC(=O)c1cc(-c2ccccc2)nc2ccccc12. The molecule has 1 fully saturated rings. The van der Waals surface area contributed by atoms with Gasteiger partial charge in [-0.05, 0) is 18.6 Å². The van der Waals surface area contributed by atoms with E-state index in [9.17, 15) is 4.79 Å². The van der Waals surface area contributed by atoms with E-state index in [4.69, 9.17) is 14.5 Å². The van der Waals surface area contributed by atoms with E-state index >= 15 is 0 Å². The van der Waals surface area contributed by atoms with Crippen molar-refractivity contribution < 1.29 is 14.3 Å². The largest absolute Gasteiger partial charge is 0.379 e. The number of hydrogen-bond acceptors (Lipinski definition) is 4. The summed E-state index contributed by atoms with van der Waals surface area (Å²) >= 11 is 0. The van der Waals surface area contributed by atoms with Crippen LogP contribution in [0.15, 0.2) is 60.7 Å². The average Bonchev–Trinajstić information content (AvgIpc) is 2.74. The van der Waals surface area contributed by atoms with Crippen molar-refractivity contribution in [3.8, 4) is 11.3 Å². The first-order chi connectivity index (χ1) is 13.3. The number of ether oxygens (including phenoxy) is 2. The van der Waals surface area contributed by atoms with Gasteiger partial charge in [0.05, 0.1) is 29.4 Å². The van der Waals surface area contributed by atoms with E-state index in [1.54, 1.807) is 7.11 Å². The number of amides is 1. The van der Waals surface area contributed by atoms with Crippen LogP contribution in [-0.4, -0.2) is 43.4 Å². The Bertz CT molecular complexity index is 943. The summed E-state index contributed by atoms with van der Waals surface area (Å²) in [5.41, 5.74) is 3.20. The van der Waals surface area contributed by atoms with Crippen LogP contribution in [0.2, 0.25) is 0 Å². The summed E-state index contributed by atoms with van der Waals surface area (Å²) < 4.78 is 10.9. The molecular weight excluding hydrogens is 340 g/mol. The Labute approximate surface area is 158 Å². The summed E-state index contributed by atoms with van der Waals surface area (Å²) in [5, 5.41) is 3.98. The second-order valence-electron chi connectivity index (χ2n) is 6.66. The number of pyridine rings is 1. The lowest BCUT2D eigenvalue weighted by Crippen LogP contribution is -2.49. The lowest BCUT2D eigenvalue weighted by atomic mass is 10.0. The molecule has 4 rings (SSSR count). The van der Waals surface area contributed by atoms with Crippen LogP contribution in [0, 0.1) is 0 Å². The van der Waals surface area contributed by atoms with Gasteiger partial charge in [0.25, 0.3) is 5.91 Å². The first kappa shape index (κ1) is 17.6. The minimum Gasteiger partial charge on any atom is -0.379 e. The molecule has 1 aromatic heterocycles. The predicted octanol–water partition coefficient (Wildman–Crippen LogP) is 3.44. The topological polar surface area (TPSA) is 60.5 Å². The van der Waals surface area contributed by atoms with E-state index in [1.807, 2.05) is 60.7 Å². The molecule has 0 radical (unpaired) electrons. The van der Waals surface area contributed by atoms with Gasteiger partial charge in [-0.2, -0.15) is 0 Å². The fraction of sp³-hybridized carbons (Fsp3) is 0.273. The second kappa shape index (κ2) is 7.86. The van der Waals surface area contributed by atoms with Crippen LogP contribution in [0.4, 0.5) is 0 Å². The van der Waals surface area contributed by atoms with Crippen molar-refractivity contribution in [3.63, 3.8) is 0 Å². The Morgan fingerprint density at radius 1 is 1.15 bits per heavy atom. The molecule has 0 aliphatic carbocycles. The third-order valence-corrected chi connectivity index (χ3v) is 4.95. The van der Waals surface area contributed by atoms with E-state index in [-0.39, 0.29) is 18.1 Å². The summed E-state index contributed by atoms with van der Waals surface area (Å²) in [6.07, 6.45) is 0.600. The van der Waals surface area contributed by atoms with Crippen molar-refractivity contribution in [2.24, 2.45) is 0 Å². The van der Waals surface area contributed by atoms with Crippen LogP contribution in [0.3, 0.4) is 0 Å². The molecule has 5 heteroatoms. The van der Waals surface area contributed by atoms with E-state index in [0.29, 0.717) is 18.8 Å². The van der Waals surface area contributed by atoms with Gasteiger partial charge in [-0.1, -0.05) is 48.5 Å². The standard InChI is InChI=1S/C22H22N2O3/c1-26-21-14-27-12-11-19(21)24-22(25)17-13-20(15-7-3-2-4-8-15)23-18-10-6-5-9-16(17)18/h2-10,13,19,21H,11-12,14H2,1H3,(H,24,25). The van der Waals surface area contributed by atoms with Crippen molar-refractivity contribution in [1.82, 2.24) is 10.3 Å². The molecular formula is C22H22N2O3. The van der Waals surface area contributed by atoms with Crippen LogP contribution >= 0.6 is 0 Å². The molecule has 0 bridgehead atoms. The number of fused-ring (bicyclic) bond motifs is 1. The van der Waals surface area contributed by atoms with Gasteiger partial charge < -0.3 is 14.8 Å². The van der Waals surface area contributed by atoms with Crippen LogP contribution in [0.1, 0.15) is 16.8 Å². The number of hydrogen-bond donors (Lipinski definition) is 1. The molecule has 1 aliphatic rings. The lowest BCUT2D eigenvalue weighted by molar-refractivity contribution is -0.0479. The van der Waals surface area contributed by atoms with Crippen LogP contribution in [0.5, 0.6) is 0 Å². The normalized spacial score (nSPS) is 19.7. The molecule has 27 heavy (non-hydrogen) atoms. The van der Waals surface area contributed by atoms with Gasteiger partial charge in [-0.25, -0.2) is 4.98 Å². The Hall–Kier alpha value is -2.76. The number of nitrogens with zero attached hydrogens (tertiary/aromatic N) is 1. The maximum atomic E-state index is 13.1. The molecule has 138 valence electrons. The summed E-state index contributed by atoms with van der Waals surface area (Å²) in [7, 11) is 1.65. The third-order valence-electron chi connectivity index (χ3n) is 4.95. The molecule has 2 atom stereocenters. The minimum atomic E-state index is -0.135. The van der Waals surface area contributed by atoms with Crippen molar-refractivity contribution in [2.45, 2.75) is 18.6 Å². The van der Waals surface area contributed by atoms with Crippen molar-refractivity contribution in [1.29, 1.82) is 0 Å². The van der Waals surface area contributed by atoms with Crippen molar-refractivity contribution in [2.75, 3.05) is 20.3 Å². The molecule has 0 spiro atoms. The summed E-state index contributed by atoms with van der Waals surface area (Å²) in [5.74, 6) is -0.111. The minimum absolute atomic E-state index is 0.0663. The Morgan fingerprint density at radius 2 is 1.93 bits per heavy atom. The molecule has 5 nitrogen and oxygen atoms in total. The second-order valence-corrected chi connectivity index (χ2v) is 6.66. The Balaban J connectivity index is 1.72. The number of rotatable bonds is 4. The zero-order valence-electron chi connectivity index (χ0n) is 15.2. The van der Waals surface area contributed by atoms with Gasteiger partial charge in [0.15, 0.2) is 0 Å². The Kier molecular flexibility index (Phi) is 5.14. The van der Waals surface area contributed by atoms with E-state index in [2.05, 4.69) is 5.32 Å².